The average molecular weight is 267 g/mol. The molecular weight excluding hydrogens is 250 g/mol. The lowest BCUT2D eigenvalue weighted by Crippen LogP contribution is -2.33. The van der Waals surface area contributed by atoms with E-state index >= 15 is 0 Å². The Hall–Kier alpha value is -2.13. The summed E-state index contributed by atoms with van der Waals surface area (Å²) in [6, 6.07) is 15.0. The van der Waals surface area contributed by atoms with Crippen LogP contribution in [0.4, 0.5) is 0 Å². The monoisotopic (exact) mass is 267 g/mol. The molecule has 3 rings (SSSR count). The Morgan fingerprint density at radius 1 is 1.15 bits per heavy atom. The van der Waals surface area contributed by atoms with Gasteiger partial charge >= 0.3 is 0 Å². The fraction of sp³-hybridized carbons (Fsp3) is 0.235. The number of aliphatic hydroxyl groups is 1. The highest BCUT2D eigenvalue weighted by Gasteiger charge is 2.31. The molecule has 20 heavy (non-hydrogen) atoms. The van der Waals surface area contributed by atoms with Crippen molar-refractivity contribution in [3.8, 4) is 0 Å². The molecular formula is C17H17NO2. The molecule has 3 nitrogen and oxygen atoms in total. The van der Waals surface area contributed by atoms with Gasteiger partial charge in [0.15, 0.2) is 0 Å². The molecule has 3 heteroatoms. The van der Waals surface area contributed by atoms with Crippen molar-refractivity contribution in [2.24, 2.45) is 0 Å². The van der Waals surface area contributed by atoms with Crippen molar-refractivity contribution >= 4 is 5.91 Å². The highest BCUT2D eigenvalue weighted by atomic mass is 16.3. The number of aliphatic hydroxyl groups excluding tert-OH is 1. The van der Waals surface area contributed by atoms with E-state index in [1.165, 1.54) is 0 Å². The molecule has 1 amide bonds. The van der Waals surface area contributed by atoms with Crippen LogP contribution >= 0.6 is 0 Å². The van der Waals surface area contributed by atoms with Crippen molar-refractivity contribution in [2.75, 3.05) is 0 Å². The molecule has 2 atom stereocenters. The van der Waals surface area contributed by atoms with E-state index in [1.54, 1.807) is 12.1 Å². The van der Waals surface area contributed by atoms with Gasteiger partial charge in [0.25, 0.3) is 5.91 Å². The number of hydrogen-bond donors (Lipinski definition) is 2. The van der Waals surface area contributed by atoms with Crippen LogP contribution < -0.4 is 5.32 Å². The Morgan fingerprint density at radius 2 is 1.85 bits per heavy atom. The second-order valence-corrected chi connectivity index (χ2v) is 5.29. The predicted octanol–water partition coefficient (Wildman–Crippen LogP) is 2.38. The highest BCUT2D eigenvalue weighted by Crippen LogP contribution is 2.31. The largest absolute Gasteiger partial charge is 0.390 e. The molecule has 0 saturated carbocycles. The Kier molecular flexibility index (Phi) is 3.28. The molecule has 102 valence electrons. The van der Waals surface area contributed by atoms with E-state index < -0.39 is 6.10 Å². The van der Waals surface area contributed by atoms with Crippen LogP contribution in [-0.2, 0) is 6.42 Å². The molecule has 0 spiro atoms. The summed E-state index contributed by atoms with van der Waals surface area (Å²) in [7, 11) is 0. The lowest BCUT2D eigenvalue weighted by Gasteiger charge is -2.18. The van der Waals surface area contributed by atoms with Gasteiger partial charge in [0.05, 0.1) is 12.1 Å². The van der Waals surface area contributed by atoms with Crippen LogP contribution in [0.1, 0.15) is 33.1 Å². The lowest BCUT2D eigenvalue weighted by atomic mass is 10.1. The summed E-state index contributed by atoms with van der Waals surface area (Å²) < 4.78 is 0. The van der Waals surface area contributed by atoms with Crippen LogP contribution in [0.5, 0.6) is 0 Å². The number of hydrogen-bond acceptors (Lipinski definition) is 2. The summed E-state index contributed by atoms with van der Waals surface area (Å²) in [5.74, 6) is -0.147. The van der Waals surface area contributed by atoms with Gasteiger partial charge in [0.1, 0.15) is 0 Å². The zero-order valence-corrected chi connectivity index (χ0v) is 11.3. The van der Waals surface area contributed by atoms with Gasteiger partial charge in [-0.15, -0.1) is 0 Å². The number of rotatable bonds is 2. The molecule has 0 fully saturated rings. The van der Waals surface area contributed by atoms with Crippen LogP contribution in [0.25, 0.3) is 0 Å². The van der Waals surface area contributed by atoms with Gasteiger partial charge in [-0.1, -0.05) is 42.0 Å². The first-order valence-corrected chi connectivity index (χ1v) is 6.78. The van der Waals surface area contributed by atoms with Crippen molar-refractivity contribution < 1.29 is 9.90 Å². The molecule has 0 bridgehead atoms. The Labute approximate surface area is 118 Å². The third-order valence-electron chi connectivity index (χ3n) is 3.80. The normalized spacial score (nSPS) is 20.5. The Morgan fingerprint density at radius 3 is 2.60 bits per heavy atom. The number of benzene rings is 2. The first-order valence-electron chi connectivity index (χ1n) is 6.78. The maximum absolute atomic E-state index is 12.2. The first kappa shape index (κ1) is 12.9. The minimum atomic E-state index is -0.554. The standard InChI is InChI=1S/C17H17NO2/c1-11-6-8-12(9-7-11)17(20)18-16-14-5-3-2-4-13(14)10-15(16)19/h2-9,15-16,19H,10H2,1H3,(H,18,20)/t15-,16+/m1/s1. The van der Waals surface area contributed by atoms with E-state index in [1.807, 2.05) is 43.3 Å². The van der Waals surface area contributed by atoms with Crippen molar-refractivity contribution in [3.63, 3.8) is 0 Å². The molecule has 0 aromatic heterocycles. The summed E-state index contributed by atoms with van der Waals surface area (Å²) in [5, 5.41) is 13.1. The molecule has 1 aliphatic carbocycles. The second kappa shape index (κ2) is 5.10. The summed E-state index contributed by atoms with van der Waals surface area (Å²) in [6.07, 6.45) is 0.0384. The summed E-state index contributed by atoms with van der Waals surface area (Å²) >= 11 is 0. The van der Waals surface area contributed by atoms with E-state index in [-0.39, 0.29) is 11.9 Å². The maximum Gasteiger partial charge on any atom is 0.251 e. The van der Waals surface area contributed by atoms with Gasteiger partial charge in [-0.25, -0.2) is 0 Å². The van der Waals surface area contributed by atoms with Crippen LogP contribution in [-0.4, -0.2) is 17.1 Å². The summed E-state index contributed by atoms with van der Waals surface area (Å²) in [5.41, 5.74) is 3.86. The maximum atomic E-state index is 12.2. The number of carbonyl (C=O) groups excluding carboxylic acids is 1. The van der Waals surface area contributed by atoms with E-state index in [0.29, 0.717) is 12.0 Å². The third-order valence-corrected chi connectivity index (χ3v) is 3.80. The molecule has 0 radical (unpaired) electrons. The minimum absolute atomic E-state index is 0.147. The van der Waals surface area contributed by atoms with E-state index in [0.717, 1.165) is 16.7 Å². The Bertz CT molecular complexity index is 634. The number of fused-ring (bicyclic) bond motifs is 1. The van der Waals surface area contributed by atoms with Gasteiger partial charge in [0, 0.05) is 12.0 Å². The van der Waals surface area contributed by atoms with E-state index in [9.17, 15) is 9.90 Å². The van der Waals surface area contributed by atoms with Gasteiger partial charge < -0.3 is 10.4 Å². The SMILES string of the molecule is Cc1ccc(C(=O)N[C@H]2c3ccccc3C[C@H]2O)cc1. The van der Waals surface area contributed by atoms with Crippen LogP contribution in [0.2, 0.25) is 0 Å². The zero-order chi connectivity index (χ0) is 14.1. The summed E-state index contributed by atoms with van der Waals surface area (Å²) in [6.45, 7) is 1.98. The highest BCUT2D eigenvalue weighted by molar-refractivity contribution is 5.94. The molecule has 2 aromatic rings. The van der Waals surface area contributed by atoms with Crippen LogP contribution in [0.15, 0.2) is 48.5 Å². The topological polar surface area (TPSA) is 49.3 Å². The number of nitrogens with one attached hydrogen (secondary N) is 1. The third kappa shape index (κ3) is 2.32. The predicted molar refractivity (Wildman–Crippen MR) is 77.5 cm³/mol. The van der Waals surface area contributed by atoms with Gasteiger partial charge in [-0.2, -0.15) is 0 Å². The minimum Gasteiger partial charge on any atom is -0.390 e. The number of amides is 1. The second-order valence-electron chi connectivity index (χ2n) is 5.29. The van der Waals surface area contributed by atoms with Gasteiger partial charge in [-0.3, -0.25) is 4.79 Å². The van der Waals surface area contributed by atoms with Crippen molar-refractivity contribution in [2.45, 2.75) is 25.5 Å². The number of aryl methyl sites for hydroxylation is 1. The quantitative estimate of drug-likeness (QED) is 0.877. The summed E-state index contributed by atoms with van der Waals surface area (Å²) in [4.78, 5) is 12.2. The van der Waals surface area contributed by atoms with Crippen LogP contribution in [0, 0.1) is 6.92 Å². The van der Waals surface area contributed by atoms with Gasteiger partial charge in [-0.05, 0) is 30.2 Å². The molecule has 2 N–H and O–H groups in total. The number of carbonyl (C=O) groups is 1. The van der Waals surface area contributed by atoms with E-state index in [2.05, 4.69) is 5.32 Å². The fourth-order valence-corrected chi connectivity index (χ4v) is 2.68. The zero-order valence-electron chi connectivity index (χ0n) is 11.3. The lowest BCUT2D eigenvalue weighted by molar-refractivity contribution is 0.0858. The van der Waals surface area contributed by atoms with Crippen molar-refractivity contribution in [3.05, 3.63) is 70.8 Å². The van der Waals surface area contributed by atoms with Crippen LogP contribution in [0.3, 0.4) is 0 Å². The first-order chi connectivity index (χ1) is 9.65. The molecule has 0 heterocycles. The Balaban J connectivity index is 1.81. The van der Waals surface area contributed by atoms with Crippen molar-refractivity contribution in [1.82, 2.24) is 5.32 Å². The smallest absolute Gasteiger partial charge is 0.251 e. The molecule has 1 aliphatic rings. The molecule has 0 aliphatic heterocycles. The van der Waals surface area contributed by atoms with Gasteiger partial charge in [0.2, 0.25) is 0 Å². The van der Waals surface area contributed by atoms with Crippen molar-refractivity contribution in [1.29, 1.82) is 0 Å². The molecule has 0 unspecified atom stereocenters. The van der Waals surface area contributed by atoms with E-state index in [4.69, 9.17) is 0 Å². The average Bonchev–Trinajstić information content (AvgIpc) is 2.76. The molecule has 2 aromatic carbocycles. The fourth-order valence-electron chi connectivity index (χ4n) is 2.68. The molecule has 0 saturated heterocycles.